The quantitative estimate of drug-likeness (QED) is 0.735. The fraction of sp³-hybridized carbons (Fsp3) is 0.111. The first kappa shape index (κ1) is 17.1. The maximum atomic E-state index is 12.5. The number of hydrogen-bond donors (Lipinski definition) is 1. The van der Waals surface area contributed by atoms with E-state index in [4.69, 9.17) is 4.74 Å². The maximum Gasteiger partial charge on any atom is 0.244 e. The van der Waals surface area contributed by atoms with Crippen molar-refractivity contribution in [3.05, 3.63) is 72.7 Å². The first-order valence-corrected chi connectivity index (χ1v) is 9.06. The Labute approximate surface area is 146 Å². The van der Waals surface area contributed by atoms with Crippen LogP contribution in [-0.4, -0.2) is 25.5 Å². The van der Waals surface area contributed by atoms with Gasteiger partial charge < -0.3 is 4.74 Å². The summed E-state index contributed by atoms with van der Waals surface area (Å²) in [7, 11) is -2.24. The molecule has 0 amide bonds. The zero-order chi connectivity index (χ0) is 17.7. The molecule has 0 saturated carbocycles. The zero-order valence-corrected chi connectivity index (χ0v) is 14.4. The monoisotopic (exact) mass is 355 g/mol. The fourth-order valence-electron chi connectivity index (χ4n) is 2.31. The lowest BCUT2D eigenvalue weighted by molar-refractivity contribution is 0.402. The molecule has 0 aliphatic rings. The molecule has 25 heavy (non-hydrogen) atoms. The second kappa shape index (κ2) is 7.42. The van der Waals surface area contributed by atoms with E-state index in [0.717, 1.165) is 16.8 Å². The molecular weight excluding hydrogens is 338 g/mol. The normalized spacial score (nSPS) is 11.2. The number of sulfonamides is 1. The summed E-state index contributed by atoms with van der Waals surface area (Å²) >= 11 is 0. The third kappa shape index (κ3) is 4.01. The molecule has 128 valence electrons. The molecule has 0 bridgehead atoms. The molecular formula is C18H17N3O3S. The van der Waals surface area contributed by atoms with Crippen LogP contribution in [0.1, 0.15) is 5.56 Å². The molecule has 2 aromatic heterocycles. The number of nitrogens with zero attached hydrogens (tertiary/aromatic N) is 2. The summed E-state index contributed by atoms with van der Waals surface area (Å²) in [6.45, 7) is 0.140. The largest absolute Gasteiger partial charge is 0.495 e. The number of rotatable bonds is 6. The van der Waals surface area contributed by atoms with Gasteiger partial charge in [0.2, 0.25) is 10.0 Å². The standard InChI is InChI=1S/C18H17N3O3S/c1-24-17-6-2-3-7-18(17)25(22,23)21-12-14-8-9-16(20-11-14)15-5-4-10-19-13-15/h2-11,13,21H,12H2,1H3. The highest BCUT2D eigenvalue weighted by Gasteiger charge is 2.18. The third-order valence-electron chi connectivity index (χ3n) is 3.61. The van der Waals surface area contributed by atoms with Gasteiger partial charge in [-0.25, -0.2) is 13.1 Å². The van der Waals surface area contributed by atoms with E-state index >= 15 is 0 Å². The van der Waals surface area contributed by atoms with Crippen LogP contribution >= 0.6 is 0 Å². The van der Waals surface area contributed by atoms with E-state index in [2.05, 4.69) is 14.7 Å². The molecule has 6 nitrogen and oxygen atoms in total. The minimum absolute atomic E-state index is 0.109. The van der Waals surface area contributed by atoms with Gasteiger partial charge in [0.05, 0.1) is 12.8 Å². The lowest BCUT2D eigenvalue weighted by Gasteiger charge is -2.10. The van der Waals surface area contributed by atoms with Crippen LogP contribution in [0.3, 0.4) is 0 Å². The number of nitrogens with one attached hydrogen (secondary N) is 1. The summed E-state index contributed by atoms with van der Waals surface area (Å²) in [6, 6.07) is 13.9. The number of ether oxygens (including phenoxy) is 1. The van der Waals surface area contributed by atoms with Crippen molar-refractivity contribution in [2.24, 2.45) is 0 Å². The summed E-state index contributed by atoms with van der Waals surface area (Å²) in [6.07, 6.45) is 5.07. The van der Waals surface area contributed by atoms with E-state index in [9.17, 15) is 8.42 Å². The van der Waals surface area contributed by atoms with Crippen LogP contribution in [0.4, 0.5) is 0 Å². The van der Waals surface area contributed by atoms with Gasteiger partial charge in [0.15, 0.2) is 0 Å². The number of hydrogen-bond acceptors (Lipinski definition) is 5. The Morgan fingerprint density at radius 2 is 1.88 bits per heavy atom. The van der Waals surface area contributed by atoms with Gasteiger partial charge in [-0.15, -0.1) is 0 Å². The van der Waals surface area contributed by atoms with E-state index in [1.165, 1.54) is 13.2 Å². The Morgan fingerprint density at radius 3 is 2.56 bits per heavy atom. The lowest BCUT2D eigenvalue weighted by Crippen LogP contribution is -2.23. The number of methoxy groups -OCH3 is 1. The first-order valence-electron chi connectivity index (χ1n) is 7.58. The van der Waals surface area contributed by atoms with Gasteiger partial charge in [0, 0.05) is 30.7 Å². The topological polar surface area (TPSA) is 81.2 Å². The van der Waals surface area contributed by atoms with Crippen molar-refractivity contribution in [2.45, 2.75) is 11.4 Å². The number of aromatic nitrogens is 2. The second-order valence-electron chi connectivity index (χ2n) is 5.27. The minimum atomic E-state index is -3.68. The van der Waals surface area contributed by atoms with Crippen molar-refractivity contribution in [3.8, 4) is 17.0 Å². The van der Waals surface area contributed by atoms with E-state index in [1.807, 2.05) is 24.3 Å². The Kier molecular flexibility index (Phi) is 5.06. The summed E-state index contributed by atoms with van der Waals surface area (Å²) in [5.41, 5.74) is 2.44. The summed E-state index contributed by atoms with van der Waals surface area (Å²) in [5.74, 6) is 0.306. The average molecular weight is 355 g/mol. The molecule has 0 aliphatic heterocycles. The molecule has 0 atom stereocenters. The van der Waals surface area contributed by atoms with Crippen LogP contribution in [0.2, 0.25) is 0 Å². The highest BCUT2D eigenvalue weighted by Crippen LogP contribution is 2.22. The Morgan fingerprint density at radius 1 is 1.04 bits per heavy atom. The van der Waals surface area contributed by atoms with E-state index < -0.39 is 10.0 Å². The molecule has 1 aromatic carbocycles. The highest BCUT2D eigenvalue weighted by molar-refractivity contribution is 7.89. The van der Waals surface area contributed by atoms with Crippen molar-refractivity contribution < 1.29 is 13.2 Å². The van der Waals surface area contributed by atoms with Crippen LogP contribution < -0.4 is 9.46 Å². The molecule has 7 heteroatoms. The zero-order valence-electron chi connectivity index (χ0n) is 13.6. The molecule has 0 fully saturated rings. The molecule has 0 unspecified atom stereocenters. The number of pyridine rings is 2. The first-order chi connectivity index (χ1) is 12.1. The maximum absolute atomic E-state index is 12.5. The van der Waals surface area contributed by atoms with Crippen molar-refractivity contribution in [1.82, 2.24) is 14.7 Å². The summed E-state index contributed by atoms with van der Waals surface area (Å²) in [4.78, 5) is 8.52. The van der Waals surface area contributed by atoms with Crippen molar-refractivity contribution in [1.29, 1.82) is 0 Å². The Balaban J connectivity index is 1.73. The molecule has 0 aliphatic carbocycles. The second-order valence-corrected chi connectivity index (χ2v) is 7.00. The molecule has 0 spiro atoms. The van der Waals surface area contributed by atoms with Gasteiger partial charge >= 0.3 is 0 Å². The van der Waals surface area contributed by atoms with E-state index in [0.29, 0.717) is 5.75 Å². The SMILES string of the molecule is COc1ccccc1S(=O)(=O)NCc1ccc(-c2cccnc2)nc1. The lowest BCUT2D eigenvalue weighted by atomic mass is 10.1. The smallest absolute Gasteiger partial charge is 0.244 e. The molecule has 2 heterocycles. The fourth-order valence-corrected chi connectivity index (χ4v) is 3.50. The van der Waals surface area contributed by atoms with Crippen LogP contribution in [-0.2, 0) is 16.6 Å². The molecule has 0 radical (unpaired) electrons. The summed E-state index contributed by atoms with van der Waals surface area (Å²) in [5, 5.41) is 0. The highest BCUT2D eigenvalue weighted by atomic mass is 32.2. The number of benzene rings is 1. The van der Waals surface area contributed by atoms with E-state index in [1.54, 1.807) is 36.8 Å². The molecule has 3 rings (SSSR count). The van der Waals surface area contributed by atoms with Gasteiger partial charge in [-0.1, -0.05) is 18.2 Å². The van der Waals surface area contributed by atoms with Gasteiger partial charge in [-0.2, -0.15) is 0 Å². The van der Waals surface area contributed by atoms with Crippen LogP contribution in [0.25, 0.3) is 11.3 Å². The molecule has 0 saturated heterocycles. The van der Waals surface area contributed by atoms with E-state index in [-0.39, 0.29) is 11.4 Å². The Hall–Kier alpha value is -2.77. The van der Waals surface area contributed by atoms with Gasteiger partial charge in [0.25, 0.3) is 0 Å². The van der Waals surface area contributed by atoms with Gasteiger partial charge in [-0.3, -0.25) is 9.97 Å². The van der Waals surface area contributed by atoms with Crippen molar-refractivity contribution >= 4 is 10.0 Å². The van der Waals surface area contributed by atoms with Crippen LogP contribution in [0.5, 0.6) is 5.75 Å². The predicted molar refractivity (Wildman–Crippen MR) is 94.5 cm³/mol. The average Bonchev–Trinajstić information content (AvgIpc) is 2.67. The molecule has 3 aromatic rings. The van der Waals surface area contributed by atoms with Crippen molar-refractivity contribution in [2.75, 3.05) is 7.11 Å². The molecule has 1 N–H and O–H groups in total. The van der Waals surface area contributed by atoms with Crippen LogP contribution in [0.15, 0.2) is 72.0 Å². The van der Waals surface area contributed by atoms with Gasteiger partial charge in [-0.05, 0) is 35.9 Å². The number of para-hydroxylation sites is 1. The van der Waals surface area contributed by atoms with Gasteiger partial charge in [0.1, 0.15) is 10.6 Å². The van der Waals surface area contributed by atoms with Crippen molar-refractivity contribution in [3.63, 3.8) is 0 Å². The Bertz CT molecular complexity index is 943. The van der Waals surface area contributed by atoms with Crippen LogP contribution in [0, 0.1) is 0 Å². The minimum Gasteiger partial charge on any atom is -0.495 e. The predicted octanol–water partition coefficient (Wildman–Crippen LogP) is 2.63. The summed E-state index contributed by atoms with van der Waals surface area (Å²) < 4.78 is 32.6. The third-order valence-corrected chi connectivity index (χ3v) is 5.05.